The summed E-state index contributed by atoms with van der Waals surface area (Å²) in [5, 5.41) is 10.9. The predicted octanol–water partition coefficient (Wildman–Crippen LogP) is 2.95. The highest BCUT2D eigenvalue weighted by molar-refractivity contribution is 5.47. The molecule has 3 aromatic rings. The van der Waals surface area contributed by atoms with Crippen molar-refractivity contribution in [2.24, 2.45) is 0 Å². The minimum Gasteiger partial charge on any atom is -0.507 e. The van der Waals surface area contributed by atoms with Crippen LogP contribution >= 0.6 is 0 Å². The Labute approximate surface area is 192 Å². The van der Waals surface area contributed by atoms with E-state index in [9.17, 15) is 14.3 Å². The van der Waals surface area contributed by atoms with Gasteiger partial charge in [0.2, 0.25) is 0 Å². The molecule has 8 heteroatoms. The minimum atomic E-state index is -0.483. The summed E-state index contributed by atoms with van der Waals surface area (Å²) >= 11 is 0. The minimum absolute atomic E-state index is 0.0252. The maximum atomic E-state index is 13.5. The van der Waals surface area contributed by atoms with E-state index in [1.54, 1.807) is 43.0 Å². The van der Waals surface area contributed by atoms with Crippen LogP contribution in [0.25, 0.3) is 0 Å². The molecule has 4 rings (SSSR count). The standard InChI is InChI=1S/C25H29FN4O3/c1-18-17-22(31)23(25(32)30(18)15-16-33-2)24(21-5-3-4-10-27-21)29-13-11-28(12-14-29)20-8-6-19(26)7-9-20/h3-10,17,24,31H,11-16H2,1-2H3/t24-/m0/s1. The van der Waals surface area contributed by atoms with E-state index in [0.29, 0.717) is 56.3 Å². The maximum absolute atomic E-state index is 13.5. The summed E-state index contributed by atoms with van der Waals surface area (Å²) in [5.41, 5.74) is 2.44. The van der Waals surface area contributed by atoms with Crippen molar-refractivity contribution >= 4 is 5.69 Å². The normalized spacial score (nSPS) is 15.5. The summed E-state index contributed by atoms with van der Waals surface area (Å²) in [6.45, 7) is 5.33. The zero-order chi connectivity index (χ0) is 23.4. The van der Waals surface area contributed by atoms with Gasteiger partial charge in [-0.15, -0.1) is 0 Å². The van der Waals surface area contributed by atoms with E-state index in [2.05, 4.69) is 14.8 Å². The lowest BCUT2D eigenvalue weighted by Crippen LogP contribution is -2.49. The molecule has 0 bridgehead atoms. The van der Waals surface area contributed by atoms with Gasteiger partial charge in [0.1, 0.15) is 11.6 Å². The van der Waals surface area contributed by atoms with Gasteiger partial charge in [0.05, 0.1) is 23.9 Å². The summed E-state index contributed by atoms with van der Waals surface area (Å²) in [6, 6.07) is 13.2. The van der Waals surface area contributed by atoms with Gasteiger partial charge < -0.3 is 19.3 Å². The van der Waals surface area contributed by atoms with Crippen LogP contribution in [0.1, 0.15) is 23.0 Å². The molecule has 0 saturated carbocycles. The third kappa shape index (κ3) is 4.91. The first-order chi connectivity index (χ1) is 16.0. The number of benzene rings is 1. The van der Waals surface area contributed by atoms with Crippen LogP contribution in [0.4, 0.5) is 10.1 Å². The van der Waals surface area contributed by atoms with Gasteiger partial charge in [-0.3, -0.25) is 14.7 Å². The summed E-state index contributed by atoms with van der Waals surface area (Å²) in [5.74, 6) is -0.282. The molecular weight excluding hydrogens is 423 g/mol. The van der Waals surface area contributed by atoms with E-state index in [4.69, 9.17) is 4.74 Å². The lowest BCUT2D eigenvalue weighted by Gasteiger charge is -2.40. The van der Waals surface area contributed by atoms with Gasteiger partial charge in [-0.1, -0.05) is 6.07 Å². The van der Waals surface area contributed by atoms with Crippen LogP contribution in [0.3, 0.4) is 0 Å². The largest absolute Gasteiger partial charge is 0.507 e. The third-order valence-corrected chi connectivity index (χ3v) is 6.15. The topological polar surface area (TPSA) is 70.8 Å². The average Bonchev–Trinajstić information content (AvgIpc) is 2.83. The van der Waals surface area contributed by atoms with Gasteiger partial charge in [-0.25, -0.2) is 4.39 Å². The molecule has 1 aliphatic heterocycles. The summed E-state index contributed by atoms with van der Waals surface area (Å²) in [6.07, 6.45) is 1.70. The Morgan fingerprint density at radius 3 is 2.48 bits per heavy atom. The Hall–Kier alpha value is -3.23. The lowest BCUT2D eigenvalue weighted by atomic mass is 9.99. The van der Waals surface area contributed by atoms with Crippen LogP contribution in [-0.4, -0.2) is 59.5 Å². The number of rotatable bonds is 7. The SMILES string of the molecule is COCCn1c(C)cc(O)c([C@H](c2ccccn2)N2CCN(c3ccc(F)cc3)CC2)c1=O. The molecule has 7 nitrogen and oxygen atoms in total. The molecule has 33 heavy (non-hydrogen) atoms. The second-order valence-electron chi connectivity index (χ2n) is 8.19. The summed E-state index contributed by atoms with van der Waals surface area (Å²) in [4.78, 5) is 22.4. The van der Waals surface area contributed by atoms with Crippen molar-refractivity contribution in [3.8, 4) is 5.75 Å². The van der Waals surface area contributed by atoms with Gasteiger partial charge in [0, 0.05) is 57.4 Å². The Kier molecular flexibility index (Phi) is 7.05. The summed E-state index contributed by atoms with van der Waals surface area (Å²) < 4.78 is 20.1. The fraction of sp³-hybridized carbons (Fsp3) is 0.360. The first-order valence-electron chi connectivity index (χ1n) is 11.1. The molecular formula is C25H29FN4O3. The second-order valence-corrected chi connectivity index (χ2v) is 8.19. The first-order valence-corrected chi connectivity index (χ1v) is 11.1. The van der Waals surface area contributed by atoms with Crippen LogP contribution in [-0.2, 0) is 11.3 Å². The molecule has 174 valence electrons. The predicted molar refractivity (Wildman–Crippen MR) is 125 cm³/mol. The average molecular weight is 453 g/mol. The number of aromatic nitrogens is 2. The number of anilines is 1. The van der Waals surface area contributed by atoms with Gasteiger partial charge >= 0.3 is 0 Å². The van der Waals surface area contributed by atoms with Gasteiger partial charge in [0.15, 0.2) is 0 Å². The van der Waals surface area contributed by atoms with Crippen molar-refractivity contribution in [2.75, 3.05) is 44.8 Å². The fourth-order valence-corrected chi connectivity index (χ4v) is 4.43. The lowest BCUT2D eigenvalue weighted by molar-refractivity contribution is 0.183. The molecule has 1 N–H and O–H groups in total. The van der Waals surface area contributed by atoms with Gasteiger partial charge in [-0.05, 0) is 49.4 Å². The van der Waals surface area contributed by atoms with E-state index in [1.165, 1.54) is 12.1 Å². The molecule has 0 unspecified atom stereocenters. The number of methoxy groups -OCH3 is 1. The zero-order valence-electron chi connectivity index (χ0n) is 18.9. The van der Waals surface area contributed by atoms with Crippen molar-refractivity contribution in [1.82, 2.24) is 14.5 Å². The Bertz CT molecular complexity index is 1130. The molecule has 1 atom stereocenters. The zero-order valence-corrected chi connectivity index (χ0v) is 18.9. The van der Waals surface area contributed by atoms with E-state index in [1.807, 2.05) is 18.2 Å². The first kappa shape index (κ1) is 22.9. The molecule has 2 aromatic heterocycles. The number of aromatic hydroxyl groups is 1. The molecule has 0 radical (unpaired) electrons. The molecule has 1 aliphatic rings. The van der Waals surface area contributed by atoms with Crippen molar-refractivity contribution in [3.63, 3.8) is 0 Å². The molecule has 0 spiro atoms. The van der Waals surface area contributed by atoms with Crippen LogP contribution in [0.15, 0.2) is 59.5 Å². The molecule has 0 aliphatic carbocycles. The number of nitrogens with zero attached hydrogens (tertiary/aromatic N) is 4. The number of ether oxygens (including phenoxy) is 1. The number of aryl methyl sites for hydroxylation is 1. The number of halogens is 1. The molecule has 0 amide bonds. The van der Waals surface area contributed by atoms with Gasteiger partial charge in [0.25, 0.3) is 5.56 Å². The molecule has 3 heterocycles. The van der Waals surface area contributed by atoms with E-state index >= 15 is 0 Å². The van der Waals surface area contributed by atoms with Crippen LogP contribution in [0.5, 0.6) is 5.75 Å². The maximum Gasteiger partial charge on any atom is 0.259 e. The third-order valence-electron chi connectivity index (χ3n) is 6.15. The van der Waals surface area contributed by atoms with Crippen molar-refractivity contribution in [1.29, 1.82) is 0 Å². The number of hydrogen-bond donors (Lipinski definition) is 1. The van der Waals surface area contributed by atoms with Crippen molar-refractivity contribution in [2.45, 2.75) is 19.5 Å². The van der Waals surface area contributed by atoms with E-state index < -0.39 is 6.04 Å². The highest BCUT2D eigenvalue weighted by Crippen LogP contribution is 2.32. The smallest absolute Gasteiger partial charge is 0.259 e. The van der Waals surface area contributed by atoms with Crippen molar-refractivity contribution in [3.05, 3.63) is 87.9 Å². The van der Waals surface area contributed by atoms with Crippen molar-refractivity contribution < 1.29 is 14.2 Å². The molecule has 1 fully saturated rings. The quantitative estimate of drug-likeness (QED) is 0.595. The Morgan fingerprint density at radius 2 is 1.85 bits per heavy atom. The van der Waals surface area contributed by atoms with E-state index in [0.717, 1.165) is 5.69 Å². The summed E-state index contributed by atoms with van der Waals surface area (Å²) in [7, 11) is 1.60. The monoisotopic (exact) mass is 452 g/mol. The van der Waals surface area contributed by atoms with E-state index in [-0.39, 0.29) is 17.1 Å². The molecule has 1 saturated heterocycles. The second kappa shape index (κ2) is 10.1. The Morgan fingerprint density at radius 1 is 1.12 bits per heavy atom. The highest BCUT2D eigenvalue weighted by atomic mass is 19.1. The molecule has 1 aromatic carbocycles. The van der Waals surface area contributed by atoms with Crippen LogP contribution in [0.2, 0.25) is 0 Å². The van der Waals surface area contributed by atoms with Crippen LogP contribution in [0, 0.1) is 12.7 Å². The highest BCUT2D eigenvalue weighted by Gasteiger charge is 2.32. The van der Waals surface area contributed by atoms with Crippen LogP contribution < -0.4 is 10.5 Å². The number of pyridine rings is 2. The number of hydrogen-bond acceptors (Lipinski definition) is 6. The fourth-order valence-electron chi connectivity index (χ4n) is 4.43. The number of piperazine rings is 1. The van der Waals surface area contributed by atoms with Gasteiger partial charge in [-0.2, -0.15) is 0 Å². The Balaban J connectivity index is 1.68.